The van der Waals surface area contributed by atoms with Crippen LogP contribution >= 0.6 is 0 Å². The van der Waals surface area contributed by atoms with Gasteiger partial charge < -0.3 is 14.8 Å². The number of fused-ring (bicyclic) bond motifs is 1. The van der Waals surface area contributed by atoms with Crippen LogP contribution in [0.15, 0.2) is 23.3 Å². The summed E-state index contributed by atoms with van der Waals surface area (Å²) in [5.41, 5.74) is 3.19. The number of hydrogen-bond donors (Lipinski definition) is 2. The van der Waals surface area contributed by atoms with Crippen LogP contribution in [-0.2, 0) is 9.59 Å². The van der Waals surface area contributed by atoms with E-state index >= 15 is 0 Å². The van der Waals surface area contributed by atoms with Crippen LogP contribution in [0, 0.1) is 0 Å². The third kappa shape index (κ3) is 2.56. The molecule has 0 spiro atoms. The molecule has 2 amide bonds. The van der Waals surface area contributed by atoms with Crippen molar-refractivity contribution in [3.05, 3.63) is 23.8 Å². The summed E-state index contributed by atoms with van der Waals surface area (Å²) in [6.45, 7) is 0.216. The Morgan fingerprint density at radius 3 is 3.05 bits per heavy atom. The summed E-state index contributed by atoms with van der Waals surface area (Å²) in [7, 11) is 0. The van der Waals surface area contributed by atoms with Gasteiger partial charge in [-0.25, -0.2) is 5.43 Å². The zero-order valence-corrected chi connectivity index (χ0v) is 10.6. The lowest BCUT2D eigenvalue weighted by Gasteiger charge is -2.06. The normalized spacial score (nSPS) is 20.2. The summed E-state index contributed by atoms with van der Waals surface area (Å²) in [6.07, 6.45) is 2.39. The summed E-state index contributed by atoms with van der Waals surface area (Å²) < 4.78 is 10.4. The number of ether oxygens (including phenoxy) is 2. The van der Waals surface area contributed by atoms with Crippen molar-refractivity contribution >= 4 is 18.0 Å². The first-order chi connectivity index (χ1) is 9.72. The Labute approximate surface area is 114 Å². The van der Waals surface area contributed by atoms with Crippen LogP contribution in [0.3, 0.4) is 0 Å². The summed E-state index contributed by atoms with van der Waals surface area (Å²) >= 11 is 0. The second-order valence-corrected chi connectivity index (χ2v) is 4.51. The van der Waals surface area contributed by atoms with Crippen LogP contribution in [-0.4, -0.2) is 30.9 Å². The van der Waals surface area contributed by atoms with Crippen molar-refractivity contribution in [2.45, 2.75) is 18.9 Å². The molecule has 1 aromatic carbocycles. The third-order valence-corrected chi connectivity index (χ3v) is 3.10. The molecule has 2 N–H and O–H groups in total. The Bertz CT molecular complexity index is 585. The van der Waals surface area contributed by atoms with Gasteiger partial charge >= 0.3 is 0 Å². The van der Waals surface area contributed by atoms with E-state index < -0.39 is 6.04 Å². The predicted molar refractivity (Wildman–Crippen MR) is 69.5 cm³/mol. The molecule has 2 heterocycles. The van der Waals surface area contributed by atoms with Gasteiger partial charge in [-0.3, -0.25) is 9.59 Å². The Morgan fingerprint density at radius 2 is 2.25 bits per heavy atom. The van der Waals surface area contributed by atoms with Gasteiger partial charge in [0, 0.05) is 6.42 Å². The van der Waals surface area contributed by atoms with Crippen molar-refractivity contribution in [1.82, 2.24) is 10.7 Å². The number of rotatable bonds is 3. The third-order valence-electron chi connectivity index (χ3n) is 3.10. The molecule has 3 rings (SSSR count). The average molecular weight is 275 g/mol. The number of nitrogens with zero attached hydrogens (tertiary/aromatic N) is 1. The van der Waals surface area contributed by atoms with Crippen molar-refractivity contribution in [3.8, 4) is 11.5 Å². The van der Waals surface area contributed by atoms with Crippen LogP contribution in [0.2, 0.25) is 0 Å². The van der Waals surface area contributed by atoms with E-state index in [4.69, 9.17) is 9.47 Å². The molecule has 0 aliphatic carbocycles. The Hall–Kier alpha value is -2.57. The van der Waals surface area contributed by atoms with Gasteiger partial charge in [-0.2, -0.15) is 5.10 Å². The smallest absolute Gasteiger partial charge is 0.262 e. The van der Waals surface area contributed by atoms with E-state index in [-0.39, 0.29) is 18.6 Å². The first-order valence-electron chi connectivity index (χ1n) is 6.24. The van der Waals surface area contributed by atoms with E-state index in [1.54, 1.807) is 18.2 Å². The number of hydrogen-bond acceptors (Lipinski definition) is 5. The highest BCUT2D eigenvalue weighted by atomic mass is 16.7. The molecule has 0 aromatic heterocycles. The fourth-order valence-electron chi connectivity index (χ4n) is 2.05. The topological polar surface area (TPSA) is 89.0 Å². The van der Waals surface area contributed by atoms with Crippen LogP contribution in [0.1, 0.15) is 18.4 Å². The minimum atomic E-state index is -0.489. The maximum Gasteiger partial charge on any atom is 0.262 e. The van der Waals surface area contributed by atoms with Crippen LogP contribution in [0.5, 0.6) is 11.5 Å². The SMILES string of the molecule is O=C1CC[C@@H](C(=O)N/N=C\c2ccc3c(c2)OCO3)N1. The maximum absolute atomic E-state index is 11.7. The highest BCUT2D eigenvalue weighted by molar-refractivity contribution is 5.91. The fourth-order valence-corrected chi connectivity index (χ4v) is 2.05. The minimum Gasteiger partial charge on any atom is -0.454 e. The molecule has 0 bridgehead atoms. The van der Waals surface area contributed by atoms with Gasteiger partial charge in [-0.15, -0.1) is 0 Å². The largest absolute Gasteiger partial charge is 0.454 e. The highest BCUT2D eigenvalue weighted by Crippen LogP contribution is 2.31. The number of carbonyl (C=O) groups is 2. The highest BCUT2D eigenvalue weighted by Gasteiger charge is 2.26. The summed E-state index contributed by atoms with van der Waals surface area (Å²) in [4.78, 5) is 22.7. The molecule has 7 heteroatoms. The monoisotopic (exact) mass is 275 g/mol. The van der Waals surface area contributed by atoms with Gasteiger partial charge in [0.1, 0.15) is 6.04 Å². The van der Waals surface area contributed by atoms with Gasteiger partial charge in [0.2, 0.25) is 12.7 Å². The van der Waals surface area contributed by atoms with Gasteiger partial charge in [0.05, 0.1) is 6.21 Å². The molecule has 1 atom stereocenters. The van der Waals surface area contributed by atoms with E-state index in [0.717, 1.165) is 5.56 Å². The molecule has 2 aliphatic heterocycles. The van der Waals surface area contributed by atoms with E-state index in [0.29, 0.717) is 24.3 Å². The summed E-state index contributed by atoms with van der Waals surface area (Å²) in [5, 5.41) is 6.44. The summed E-state index contributed by atoms with van der Waals surface area (Å²) in [6, 6.07) is 4.87. The summed E-state index contributed by atoms with van der Waals surface area (Å²) in [5.74, 6) is 0.931. The molecule has 7 nitrogen and oxygen atoms in total. The van der Waals surface area contributed by atoms with Crippen LogP contribution in [0.4, 0.5) is 0 Å². The quantitative estimate of drug-likeness (QED) is 0.607. The molecular formula is C13H13N3O4. The van der Waals surface area contributed by atoms with Gasteiger partial charge in [-0.1, -0.05) is 0 Å². The van der Waals surface area contributed by atoms with Gasteiger partial charge in [0.15, 0.2) is 11.5 Å². The molecule has 1 aromatic rings. The lowest BCUT2D eigenvalue weighted by Crippen LogP contribution is -2.39. The molecule has 20 heavy (non-hydrogen) atoms. The second kappa shape index (κ2) is 5.20. The molecule has 2 aliphatic rings. The molecule has 0 unspecified atom stereocenters. The molecule has 1 saturated heterocycles. The number of hydrazone groups is 1. The zero-order valence-electron chi connectivity index (χ0n) is 10.6. The Balaban J connectivity index is 1.58. The van der Waals surface area contributed by atoms with E-state index in [9.17, 15) is 9.59 Å². The molecular weight excluding hydrogens is 262 g/mol. The molecule has 0 saturated carbocycles. The number of nitrogens with one attached hydrogen (secondary N) is 2. The van der Waals surface area contributed by atoms with Crippen LogP contribution < -0.4 is 20.2 Å². The Kier molecular flexibility index (Phi) is 3.24. The van der Waals surface area contributed by atoms with Crippen molar-refractivity contribution in [2.75, 3.05) is 6.79 Å². The van der Waals surface area contributed by atoms with E-state index in [2.05, 4.69) is 15.8 Å². The lowest BCUT2D eigenvalue weighted by atomic mass is 10.2. The van der Waals surface area contributed by atoms with Crippen molar-refractivity contribution < 1.29 is 19.1 Å². The molecule has 0 radical (unpaired) electrons. The number of carbonyl (C=O) groups excluding carboxylic acids is 2. The number of benzene rings is 1. The van der Waals surface area contributed by atoms with Gasteiger partial charge in [-0.05, 0) is 30.2 Å². The van der Waals surface area contributed by atoms with Crippen molar-refractivity contribution in [2.24, 2.45) is 5.10 Å². The maximum atomic E-state index is 11.7. The van der Waals surface area contributed by atoms with E-state index in [1.807, 2.05) is 0 Å². The Morgan fingerprint density at radius 1 is 1.40 bits per heavy atom. The first-order valence-corrected chi connectivity index (χ1v) is 6.24. The number of amides is 2. The fraction of sp³-hybridized carbons (Fsp3) is 0.308. The van der Waals surface area contributed by atoms with Crippen LogP contribution in [0.25, 0.3) is 0 Å². The molecule has 104 valence electrons. The lowest BCUT2D eigenvalue weighted by molar-refractivity contribution is -0.125. The first kappa shape index (κ1) is 12.5. The zero-order chi connectivity index (χ0) is 13.9. The second-order valence-electron chi connectivity index (χ2n) is 4.51. The average Bonchev–Trinajstić information content (AvgIpc) is 3.06. The minimum absolute atomic E-state index is 0.107. The van der Waals surface area contributed by atoms with E-state index in [1.165, 1.54) is 6.21 Å². The van der Waals surface area contributed by atoms with Gasteiger partial charge in [0.25, 0.3) is 5.91 Å². The van der Waals surface area contributed by atoms with Crippen molar-refractivity contribution in [1.29, 1.82) is 0 Å². The predicted octanol–water partition coefficient (Wildman–Crippen LogP) is 0.144. The van der Waals surface area contributed by atoms with Crippen molar-refractivity contribution in [3.63, 3.8) is 0 Å². The molecule has 1 fully saturated rings. The standard InChI is InChI=1S/C13H13N3O4/c17-12-4-2-9(15-12)13(18)16-14-6-8-1-3-10-11(5-8)20-7-19-10/h1,3,5-6,9H,2,4,7H2,(H,15,17)(H,16,18)/b14-6-/t9-/m0/s1.